The molecule has 1 aromatic heterocycles. The van der Waals surface area contributed by atoms with Gasteiger partial charge in [0.25, 0.3) is 0 Å². The molecule has 0 spiro atoms. The van der Waals surface area contributed by atoms with Gasteiger partial charge in [0.15, 0.2) is 23.1 Å². The van der Waals surface area contributed by atoms with Crippen molar-refractivity contribution in [3.05, 3.63) is 42.5 Å². The number of hydrogen-bond acceptors (Lipinski definition) is 5. The van der Waals surface area contributed by atoms with Gasteiger partial charge in [-0.25, -0.2) is 4.98 Å². The number of anilines is 1. The first-order valence-electron chi connectivity index (χ1n) is 6.33. The molecule has 0 bridgehead atoms. The molecule has 3 aromatic rings. The van der Waals surface area contributed by atoms with E-state index in [2.05, 4.69) is 15.2 Å². The van der Waals surface area contributed by atoms with Crippen molar-refractivity contribution >= 4 is 5.69 Å². The summed E-state index contributed by atoms with van der Waals surface area (Å²) in [6, 6.07) is 12.3. The van der Waals surface area contributed by atoms with E-state index in [0.717, 1.165) is 11.1 Å². The molecule has 0 radical (unpaired) electrons. The van der Waals surface area contributed by atoms with Gasteiger partial charge < -0.3 is 15.6 Å². The summed E-state index contributed by atoms with van der Waals surface area (Å²) in [5.41, 5.74) is 8.02. The van der Waals surface area contributed by atoms with Gasteiger partial charge in [-0.3, -0.25) is 5.10 Å². The number of nitrogen functional groups attached to an aromatic ring is 1. The van der Waals surface area contributed by atoms with E-state index in [9.17, 15) is 5.11 Å². The molecule has 0 aliphatic rings. The highest BCUT2D eigenvalue weighted by Crippen LogP contribution is 2.30. The van der Waals surface area contributed by atoms with Gasteiger partial charge in [-0.15, -0.1) is 0 Å². The number of phenols is 1. The lowest BCUT2D eigenvalue weighted by Crippen LogP contribution is -1.87. The standard InChI is InChI=1S/C15H14N4O2/c1-21-13-8-10(5-6-12(13)20)15-17-14(18-19-15)9-3-2-4-11(16)7-9/h2-8,20H,16H2,1H3,(H,17,18,19). The van der Waals surface area contributed by atoms with Gasteiger partial charge >= 0.3 is 0 Å². The summed E-state index contributed by atoms with van der Waals surface area (Å²) >= 11 is 0. The van der Waals surface area contributed by atoms with Crippen LogP contribution in [-0.2, 0) is 0 Å². The van der Waals surface area contributed by atoms with Gasteiger partial charge in [0.1, 0.15) is 0 Å². The Kier molecular flexibility index (Phi) is 3.19. The Balaban J connectivity index is 1.98. The van der Waals surface area contributed by atoms with Crippen LogP contribution < -0.4 is 10.5 Å². The summed E-state index contributed by atoms with van der Waals surface area (Å²) < 4.78 is 5.09. The maximum absolute atomic E-state index is 9.61. The fraction of sp³-hybridized carbons (Fsp3) is 0.0667. The summed E-state index contributed by atoms with van der Waals surface area (Å²) in [4.78, 5) is 4.44. The van der Waals surface area contributed by atoms with Crippen LogP contribution in [0.15, 0.2) is 42.5 Å². The third-order valence-corrected chi connectivity index (χ3v) is 3.08. The van der Waals surface area contributed by atoms with Gasteiger partial charge in [-0.05, 0) is 30.3 Å². The van der Waals surface area contributed by atoms with Crippen molar-refractivity contribution in [2.45, 2.75) is 0 Å². The SMILES string of the molecule is COc1cc(-c2nc(-c3cccc(N)c3)n[nH]2)ccc1O. The maximum atomic E-state index is 9.61. The van der Waals surface area contributed by atoms with E-state index in [4.69, 9.17) is 10.5 Å². The molecule has 4 N–H and O–H groups in total. The molecule has 0 aliphatic heterocycles. The number of aromatic nitrogens is 3. The average molecular weight is 282 g/mol. The molecule has 6 nitrogen and oxygen atoms in total. The first kappa shape index (κ1) is 13.0. The van der Waals surface area contributed by atoms with Crippen molar-refractivity contribution in [2.75, 3.05) is 12.8 Å². The summed E-state index contributed by atoms with van der Waals surface area (Å²) in [5, 5.41) is 16.7. The minimum Gasteiger partial charge on any atom is -0.504 e. The number of nitrogens with one attached hydrogen (secondary N) is 1. The molecule has 0 saturated heterocycles. The average Bonchev–Trinajstić information content (AvgIpc) is 2.97. The molecule has 0 aliphatic carbocycles. The van der Waals surface area contributed by atoms with E-state index < -0.39 is 0 Å². The highest BCUT2D eigenvalue weighted by molar-refractivity contribution is 5.65. The zero-order valence-corrected chi connectivity index (χ0v) is 11.4. The Morgan fingerprint density at radius 3 is 2.76 bits per heavy atom. The number of benzene rings is 2. The van der Waals surface area contributed by atoms with Crippen LogP contribution in [0.25, 0.3) is 22.8 Å². The highest BCUT2D eigenvalue weighted by Gasteiger charge is 2.10. The predicted octanol–water partition coefficient (Wildman–Crippen LogP) is 2.44. The van der Waals surface area contributed by atoms with Crippen LogP contribution in [0.2, 0.25) is 0 Å². The van der Waals surface area contributed by atoms with Crippen LogP contribution in [0.5, 0.6) is 11.5 Å². The first-order valence-corrected chi connectivity index (χ1v) is 6.33. The molecule has 3 rings (SSSR count). The fourth-order valence-electron chi connectivity index (χ4n) is 2.02. The monoisotopic (exact) mass is 282 g/mol. The lowest BCUT2D eigenvalue weighted by Gasteiger charge is -2.04. The number of H-pyrrole nitrogens is 1. The number of phenolic OH excluding ortho intramolecular Hbond substituents is 1. The predicted molar refractivity (Wildman–Crippen MR) is 79.9 cm³/mol. The quantitative estimate of drug-likeness (QED) is 0.641. The number of rotatable bonds is 3. The number of nitrogens with two attached hydrogens (primary N) is 1. The van der Waals surface area contributed by atoms with Crippen molar-refractivity contribution in [2.24, 2.45) is 0 Å². The molecule has 106 valence electrons. The molecule has 0 atom stereocenters. The second-order valence-electron chi connectivity index (χ2n) is 4.52. The van der Waals surface area contributed by atoms with Gasteiger partial charge in [-0.2, -0.15) is 5.10 Å². The van der Waals surface area contributed by atoms with Crippen molar-refractivity contribution < 1.29 is 9.84 Å². The fourth-order valence-corrected chi connectivity index (χ4v) is 2.02. The Morgan fingerprint density at radius 2 is 2.00 bits per heavy atom. The molecular formula is C15H14N4O2. The van der Waals surface area contributed by atoms with E-state index >= 15 is 0 Å². The molecule has 0 amide bonds. The third-order valence-electron chi connectivity index (χ3n) is 3.08. The smallest absolute Gasteiger partial charge is 0.181 e. The molecule has 0 saturated carbocycles. The number of hydrogen-bond donors (Lipinski definition) is 3. The first-order chi connectivity index (χ1) is 10.2. The Labute approximate surface area is 121 Å². The highest BCUT2D eigenvalue weighted by atomic mass is 16.5. The third kappa shape index (κ3) is 2.51. The number of aromatic hydroxyl groups is 1. The normalized spacial score (nSPS) is 10.5. The molecule has 0 fully saturated rings. The number of methoxy groups -OCH3 is 1. The molecule has 0 unspecified atom stereocenters. The topological polar surface area (TPSA) is 97.0 Å². The van der Waals surface area contributed by atoms with Crippen molar-refractivity contribution in [1.29, 1.82) is 0 Å². The zero-order chi connectivity index (χ0) is 14.8. The van der Waals surface area contributed by atoms with E-state index in [0.29, 0.717) is 23.1 Å². The molecule has 1 heterocycles. The van der Waals surface area contributed by atoms with Gasteiger partial charge in [0, 0.05) is 16.8 Å². The second-order valence-corrected chi connectivity index (χ2v) is 4.52. The van der Waals surface area contributed by atoms with Gasteiger partial charge in [-0.1, -0.05) is 12.1 Å². The summed E-state index contributed by atoms with van der Waals surface area (Å²) in [6.45, 7) is 0. The van der Waals surface area contributed by atoms with E-state index in [1.54, 1.807) is 18.2 Å². The van der Waals surface area contributed by atoms with Crippen LogP contribution in [0, 0.1) is 0 Å². The molecule has 2 aromatic carbocycles. The van der Waals surface area contributed by atoms with Crippen LogP contribution >= 0.6 is 0 Å². The summed E-state index contributed by atoms with van der Waals surface area (Å²) in [7, 11) is 1.50. The minimum atomic E-state index is 0.0804. The number of aromatic amines is 1. The van der Waals surface area contributed by atoms with E-state index in [1.807, 2.05) is 24.3 Å². The Bertz CT molecular complexity index is 783. The Hall–Kier alpha value is -3.02. The largest absolute Gasteiger partial charge is 0.504 e. The van der Waals surface area contributed by atoms with Gasteiger partial charge in [0.05, 0.1) is 7.11 Å². The van der Waals surface area contributed by atoms with Crippen LogP contribution in [0.1, 0.15) is 0 Å². The zero-order valence-electron chi connectivity index (χ0n) is 11.4. The van der Waals surface area contributed by atoms with Gasteiger partial charge in [0.2, 0.25) is 0 Å². The molecular weight excluding hydrogens is 268 g/mol. The summed E-state index contributed by atoms with van der Waals surface area (Å²) in [6.07, 6.45) is 0. The lowest BCUT2D eigenvalue weighted by molar-refractivity contribution is 0.373. The van der Waals surface area contributed by atoms with E-state index in [1.165, 1.54) is 7.11 Å². The molecule has 21 heavy (non-hydrogen) atoms. The summed E-state index contributed by atoms with van der Waals surface area (Å²) in [5.74, 6) is 1.61. The van der Waals surface area contributed by atoms with Crippen molar-refractivity contribution in [3.8, 4) is 34.3 Å². The van der Waals surface area contributed by atoms with Crippen molar-refractivity contribution in [1.82, 2.24) is 15.2 Å². The maximum Gasteiger partial charge on any atom is 0.181 e. The molecule has 6 heteroatoms. The van der Waals surface area contributed by atoms with Crippen LogP contribution in [0.4, 0.5) is 5.69 Å². The minimum absolute atomic E-state index is 0.0804. The number of nitrogens with zero attached hydrogens (tertiary/aromatic N) is 2. The number of ether oxygens (including phenoxy) is 1. The van der Waals surface area contributed by atoms with E-state index in [-0.39, 0.29) is 5.75 Å². The van der Waals surface area contributed by atoms with Crippen LogP contribution in [-0.4, -0.2) is 27.4 Å². The van der Waals surface area contributed by atoms with Crippen LogP contribution in [0.3, 0.4) is 0 Å². The second kappa shape index (κ2) is 5.16. The van der Waals surface area contributed by atoms with Crippen molar-refractivity contribution in [3.63, 3.8) is 0 Å². The Morgan fingerprint density at radius 1 is 1.14 bits per heavy atom. The lowest BCUT2D eigenvalue weighted by atomic mass is 10.2.